The maximum Gasteiger partial charge on any atom is 0.128 e. The van der Waals surface area contributed by atoms with Crippen LogP contribution in [0.3, 0.4) is 0 Å². The molecule has 1 saturated carbocycles. The van der Waals surface area contributed by atoms with Crippen LogP contribution in [0.5, 0.6) is 0 Å². The molecule has 0 aromatic heterocycles. The number of halogens is 1. The monoisotopic (exact) mass is 484 g/mol. The Labute approximate surface area is 216 Å². The van der Waals surface area contributed by atoms with Gasteiger partial charge in [-0.3, -0.25) is 4.90 Å². The van der Waals surface area contributed by atoms with Crippen LogP contribution < -0.4 is 5.32 Å². The lowest BCUT2D eigenvalue weighted by atomic mass is 9.76. The van der Waals surface area contributed by atoms with Crippen LogP contribution in [-0.4, -0.2) is 18.0 Å². The van der Waals surface area contributed by atoms with E-state index in [0.717, 1.165) is 50.1 Å². The molecular formula is C33H41FN2. The first kappa shape index (κ1) is 25.2. The smallest absolute Gasteiger partial charge is 0.128 e. The van der Waals surface area contributed by atoms with E-state index in [1.807, 2.05) is 12.1 Å². The molecule has 1 atom stereocenters. The van der Waals surface area contributed by atoms with Crippen molar-refractivity contribution in [2.75, 3.05) is 13.1 Å². The van der Waals surface area contributed by atoms with Gasteiger partial charge >= 0.3 is 0 Å². The minimum Gasteiger partial charge on any atom is -0.303 e. The predicted octanol–water partition coefficient (Wildman–Crippen LogP) is 7.79. The number of nitrogens with zero attached hydrogens (tertiary/aromatic N) is 1. The number of benzene rings is 3. The molecule has 1 heterocycles. The largest absolute Gasteiger partial charge is 0.303 e. The molecule has 2 nitrogen and oxygen atoms in total. The van der Waals surface area contributed by atoms with Crippen molar-refractivity contribution in [3.8, 4) is 0 Å². The van der Waals surface area contributed by atoms with E-state index in [0.29, 0.717) is 6.04 Å². The lowest BCUT2D eigenvalue weighted by Gasteiger charge is -2.39. The zero-order valence-electron chi connectivity index (χ0n) is 21.8. The molecule has 190 valence electrons. The fraction of sp³-hybridized carbons (Fsp3) is 0.455. The van der Waals surface area contributed by atoms with Crippen molar-refractivity contribution in [3.63, 3.8) is 0 Å². The Hall–Kier alpha value is -2.49. The van der Waals surface area contributed by atoms with E-state index in [-0.39, 0.29) is 11.4 Å². The molecule has 2 fully saturated rings. The minimum absolute atomic E-state index is 0.0754. The summed E-state index contributed by atoms with van der Waals surface area (Å²) >= 11 is 0. The van der Waals surface area contributed by atoms with E-state index < -0.39 is 0 Å². The molecule has 0 amide bonds. The first-order valence-corrected chi connectivity index (χ1v) is 14.0. The van der Waals surface area contributed by atoms with Gasteiger partial charge in [-0.2, -0.15) is 0 Å². The lowest BCUT2D eigenvalue weighted by molar-refractivity contribution is 0.141. The number of hydrogen-bond donors (Lipinski definition) is 1. The number of nitrogens with one attached hydrogen (secondary N) is 1. The first-order chi connectivity index (χ1) is 17.6. The summed E-state index contributed by atoms with van der Waals surface area (Å²) in [5.41, 5.74) is 4.76. The molecule has 36 heavy (non-hydrogen) atoms. The standard InChI is InChI=1S/C33H41FN2/c1-26(30-13-4-2-5-14-30)36-21-17-27(18-22-36)23-28-11-10-12-29(24-28)25-35-33(19-8-3-9-20-33)31-15-6-7-16-32(31)34/h2,4-7,10-16,24,26-27,35H,3,8-9,17-23,25H2,1H3. The highest BCUT2D eigenvalue weighted by atomic mass is 19.1. The number of hydrogen-bond acceptors (Lipinski definition) is 2. The van der Waals surface area contributed by atoms with Gasteiger partial charge in [0.05, 0.1) is 0 Å². The maximum absolute atomic E-state index is 14.8. The van der Waals surface area contributed by atoms with Crippen LogP contribution in [-0.2, 0) is 18.5 Å². The van der Waals surface area contributed by atoms with Gasteiger partial charge < -0.3 is 5.32 Å². The molecule has 3 heteroatoms. The summed E-state index contributed by atoms with van der Waals surface area (Å²) in [5, 5.41) is 3.83. The van der Waals surface area contributed by atoms with Crippen LogP contribution in [0.4, 0.5) is 4.39 Å². The Balaban J connectivity index is 1.19. The van der Waals surface area contributed by atoms with Crippen molar-refractivity contribution in [3.05, 3.63) is 107 Å². The average Bonchev–Trinajstić information content (AvgIpc) is 2.93. The molecule has 0 spiro atoms. The average molecular weight is 485 g/mol. The molecule has 3 aromatic carbocycles. The topological polar surface area (TPSA) is 15.3 Å². The third-order valence-corrected chi connectivity index (χ3v) is 8.72. The summed E-state index contributed by atoms with van der Waals surface area (Å²) in [7, 11) is 0. The Morgan fingerprint density at radius 3 is 2.31 bits per heavy atom. The SMILES string of the molecule is CC(c1ccccc1)N1CCC(Cc2cccc(CNC3(c4ccccc4F)CCCCC3)c2)CC1. The quantitative estimate of drug-likeness (QED) is 0.351. The minimum atomic E-state index is -0.248. The molecule has 1 N–H and O–H groups in total. The highest BCUT2D eigenvalue weighted by Crippen LogP contribution is 2.38. The third-order valence-electron chi connectivity index (χ3n) is 8.72. The molecule has 1 saturated heterocycles. The summed E-state index contributed by atoms with van der Waals surface area (Å²) in [6, 6.07) is 27.8. The van der Waals surface area contributed by atoms with Crippen molar-refractivity contribution in [2.45, 2.75) is 76.4 Å². The molecule has 0 bridgehead atoms. The summed E-state index contributed by atoms with van der Waals surface area (Å²) in [4.78, 5) is 2.64. The molecule has 5 rings (SSSR count). The van der Waals surface area contributed by atoms with Crippen molar-refractivity contribution in [2.24, 2.45) is 5.92 Å². The van der Waals surface area contributed by atoms with E-state index in [4.69, 9.17) is 0 Å². The summed E-state index contributed by atoms with van der Waals surface area (Å²) in [6.45, 7) is 5.47. The van der Waals surface area contributed by atoms with E-state index in [1.54, 1.807) is 12.1 Å². The van der Waals surface area contributed by atoms with E-state index in [9.17, 15) is 4.39 Å². The van der Waals surface area contributed by atoms with Crippen LogP contribution in [0.15, 0.2) is 78.9 Å². The van der Waals surface area contributed by atoms with Gasteiger partial charge in [-0.15, -0.1) is 0 Å². The Morgan fingerprint density at radius 1 is 0.861 bits per heavy atom. The first-order valence-electron chi connectivity index (χ1n) is 14.0. The summed E-state index contributed by atoms with van der Waals surface area (Å²) in [6.07, 6.45) is 9.25. The van der Waals surface area contributed by atoms with Gasteiger partial charge in [0.2, 0.25) is 0 Å². The van der Waals surface area contributed by atoms with Crippen LogP contribution in [0.25, 0.3) is 0 Å². The van der Waals surface area contributed by atoms with Crippen molar-refractivity contribution >= 4 is 0 Å². The molecule has 1 aliphatic heterocycles. The Bertz CT molecular complexity index is 1100. The van der Waals surface area contributed by atoms with Crippen LogP contribution in [0.1, 0.15) is 80.2 Å². The highest BCUT2D eigenvalue weighted by molar-refractivity contribution is 5.29. The van der Waals surface area contributed by atoms with Crippen LogP contribution >= 0.6 is 0 Å². The molecular weight excluding hydrogens is 443 g/mol. The second kappa shape index (κ2) is 11.7. The number of rotatable bonds is 8. The fourth-order valence-corrected chi connectivity index (χ4v) is 6.50. The van der Waals surface area contributed by atoms with Gasteiger partial charge in [-0.1, -0.05) is 92.1 Å². The molecule has 1 unspecified atom stereocenters. The van der Waals surface area contributed by atoms with Gasteiger partial charge in [-0.25, -0.2) is 4.39 Å². The third kappa shape index (κ3) is 5.90. The van der Waals surface area contributed by atoms with Gasteiger partial charge in [0.1, 0.15) is 5.82 Å². The highest BCUT2D eigenvalue weighted by Gasteiger charge is 2.35. The molecule has 3 aromatic rings. The maximum atomic E-state index is 14.8. The Morgan fingerprint density at radius 2 is 1.56 bits per heavy atom. The molecule has 2 aliphatic rings. The van der Waals surface area contributed by atoms with E-state index >= 15 is 0 Å². The van der Waals surface area contributed by atoms with Crippen molar-refractivity contribution < 1.29 is 4.39 Å². The zero-order valence-corrected chi connectivity index (χ0v) is 21.8. The van der Waals surface area contributed by atoms with E-state index in [1.165, 1.54) is 49.0 Å². The van der Waals surface area contributed by atoms with Gasteiger partial charge in [0.15, 0.2) is 0 Å². The second-order valence-electron chi connectivity index (χ2n) is 11.1. The lowest BCUT2D eigenvalue weighted by Crippen LogP contribution is -2.44. The number of piperidine rings is 1. The van der Waals surface area contributed by atoms with Crippen LogP contribution in [0, 0.1) is 11.7 Å². The number of likely N-dealkylation sites (tertiary alicyclic amines) is 1. The fourth-order valence-electron chi connectivity index (χ4n) is 6.50. The van der Waals surface area contributed by atoms with Gasteiger partial charge in [0.25, 0.3) is 0 Å². The predicted molar refractivity (Wildman–Crippen MR) is 147 cm³/mol. The van der Waals surface area contributed by atoms with Crippen molar-refractivity contribution in [1.29, 1.82) is 0 Å². The molecule has 1 aliphatic carbocycles. The summed E-state index contributed by atoms with van der Waals surface area (Å²) in [5.74, 6) is 0.670. The molecule has 0 radical (unpaired) electrons. The Kier molecular flexibility index (Phi) is 8.19. The van der Waals surface area contributed by atoms with Gasteiger partial charge in [0, 0.05) is 23.7 Å². The second-order valence-corrected chi connectivity index (χ2v) is 11.1. The van der Waals surface area contributed by atoms with Crippen molar-refractivity contribution in [1.82, 2.24) is 10.2 Å². The zero-order chi connectivity index (χ0) is 24.8. The summed E-state index contributed by atoms with van der Waals surface area (Å²) < 4.78 is 14.8. The normalized spacial score (nSPS) is 19.7. The van der Waals surface area contributed by atoms with E-state index in [2.05, 4.69) is 71.7 Å². The van der Waals surface area contributed by atoms with Crippen LogP contribution in [0.2, 0.25) is 0 Å². The van der Waals surface area contributed by atoms with Gasteiger partial charge in [-0.05, 0) is 80.8 Å².